The van der Waals surface area contributed by atoms with Gasteiger partial charge in [0.1, 0.15) is 23.2 Å². The summed E-state index contributed by atoms with van der Waals surface area (Å²) < 4.78 is 49.1. The number of rotatable bonds is 7. The van der Waals surface area contributed by atoms with E-state index in [1.165, 1.54) is 13.2 Å². The molecular weight excluding hydrogens is 505 g/mol. The molecule has 9 nitrogen and oxygen atoms in total. The van der Waals surface area contributed by atoms with Crippen molar-refractivity contribution >= 4 is 17.8 Å². The SMILES string of the molecule is COC(=O)[C@H]1CC[C@@H](Nc2cc(C)c(-c3ccc(C(F)(F)F)cc3O)nn2)CN1CCC(=O)OC(C)(C)C. The molecule has 2 atom stereocenters. The lowest BCUT2D eigenvalue weighted by molar-refractivity contribution is -0.157. The number of ether oxygens (including phenoxy) is 2. The van der Waals surface area contributed by atoms with Crippen LogP contribution in [-0.4, -0.2) is 70.0 Å². The van der Waals surface area contributed by atoms with E-state index < -0.39 is 29.1 Å². The van der Waals surface area contributed by atoms with Gasteiger partial charge in [-0.1, -0.05) is 0 Å². The molecule has 208 valence electrons. The van der Waals surface area contributed by atoms with Crippen molar-refractivity contribution in [3.8, 4) is 17.0 Å². The molecule has 2 N–H and O–H groups in total. The summed E-state index contributed by atoms with van der Waals surface area (Å²) in [6, 6.07) is 3.80. The van der Waals surface area contributed by atoms with Gasteiger partial charge in [-0.05, 0) is 70.4 Å². The number of nitrogens with one attached hydrogen (secondary N) is 1. The number of likely N-dealkylation sites (tertiary alicyclic amines) is 1. The van der Waals surface area contributed by atoms with Gasteiger partial charge in [0.15, 0.2) is 0 Å². The van der Waals surface area contributed by atoms with E-state index in [1.807, 2.05) is 4.90 Å². The Bertz CT molecular complexity index is 1170. The lowest BCUT2D eigenvalue weighted by Crippen LogP contribution is -2.52. The maximum atomic E-state index is 12.9. The van der Waals surface area contributed by atoms with Crippen molar-refractivity contribution < 1.29 is 37.3 Å². The molecule has 1 aromatic carbocycles. The van der Waals surface area contributed by atoms with Crippen LogP contribution in [0.25, 0.3) is 11.3 Å². The van der Waals surface area contributed by atoms with Gasteiger partial charge in [-0.2, -0.15) is 13.2 Å². The Morgan fingerprint density at radius 2 is 1.87 bits per heavy atom. The lowest BCUT2D eigenvalue weighted by atomic mass is 9.97. The number of benzene rings is 1. The molecule has 0 aliphatic carbocycles. The Morgan fingerprint density at radius 3 is 2.45 bits per heavy atom. The number of alkyl halides is 3. The monoisotopic (exact) mass is 538 g/mol. The minimum Gasteiger partial charge on any atom is -0.507 e. The van der Waals surface area contributed by atoms with Gasteiger partial charge in [-0.15, -0.1) is 10.2 Å². The van der Waals surface area contributed by atoms with Crippen LogP contribution in [0.5, 0.6) is 5.75 Å². The number of anilines is 1. The first kappa shape index (κ1) is 29.2. The molecule has 0 amide bonds. The van der Waals surface area contributed by atoms with Crippen LogP contribution in [0.1, 0.15) is 51.2 Å². The Hall–Kier alpha value is -3.41. The topological polar surface area (TPSA) is 114 Å². The third kappa shape index (κ3) is 7.56. The van der Waals surface area contributed by atoms with Crippen molar-refractivity contribution in [3.05, 3.63) is 35.4 Å². The molecule has 1 aromatic heterocycles. The quantitative estimate of drug-likeness (QED) is 0.498. The molecule has 2 aromatic rings. The van der Waals surface area contributed by atoms with Crippen molar-refractivity contribution in [2.45, 2.75) is 70.8 Å². The summed E-state index contributed by atoms with van der Waals surface area (Å²) in [6.45, 7) is 7.82. The van der Waals surface area contributed by atoms with Crippen LogP contribution in [0.4, 0.5) is 19.0 Å². The summed E-state index contributed by atoms with van der Waals surface area (Å²) >= 11 is 0. The van der Waals surface area contributed by atoms with Gasteiger partial charge in [-0.25, -0.2) is 0 Å². The van der Waals surface area contributed by atoms with Crippen LogP contribution >= 0.6 is 0 Å². The highest BCUT2D eigenvalue weighted by molar-refractivity contribution is 5.76. The Balaban J connectivity index is 1.71. The molecule has 0 radical (unpaired) electrons. The fourth-order valence-corrected chi connectivity index (χ4v) is 4.38. The third-order valence-electron chi connectivity index (χ3n) is 6.10. The highest BCUT2D eigenvalue weighted by Gasteiger charge is 2.35. The normalized spacial score (nSPS) is 18.6. The van der Waals surface area contributed by atoms with E-state index in [2.05, 4.69) is 15.5 Å². The third-order valence-corrected chi connectivity index (χ3v) is 6.10. The molecule has 0 spiro atoms. The van der Waals surface area contributed by atoms with Gasteiger partial charge >= 0.3 is 18.1 Å². The largest absolute Gasteiger partial charge is 0.507 e. The van der Waals surface area contributed by atoms with Crippen LogP contribution < -0.4 is 5.32 Å². The van der Waals surface area contributed by atoms with Crippen LogP contribution in [0.15, 0.2) is 24.3 Å². The number of carbonyl (C=O) groups is 2. The fraction of sp³-hybridized carbons (Fsp3) is 0.538. The van der Waals surface area contributed by atoms with E-state index >= 15 is 0 Å². The van der Waals surface area contributed by atoms with Gasteiger partial charge in [0, 0.05) is 24.7 Å². The highest BCUT2D eigenvalue weighted by atomic mass is 19.4. The van der Waals surface area contributed by atoms with Crippen molar-refractivity contribution in [1.82, 2.24) is 15.1 Å². The van der Waals surface area contributed by atoms with E-state index in [0.717, 1.165) is 6.07 Å². The average molecular weight is 539 g/mol. The molecule has 1 aliphatic heterocycles. The zero-order chi connectivity index (χ0) is 28.3. The van der Waals surface area contributed by atoms with Gasteiger partial charge in [-0.3, -0.25) is 14.5 Å². The average Bonchev–Trinajstić information content (AvgIpc) is 2.81. The van der Waals surface area contributed by atoms with Crippen molar-refractivity contribution in [2.24, 2.45) is 0 Å². The number of halogens is 3. The molecule has 2 heterocycles. The summed E-state index contributed by atoms with van der Waals surface area (Å²) in [7, 11) is 1.33. The first-order valence-electron chi connectivity index (χ1n) is 12.2. The van der Waals surface area contributed by atoms with Crippen molar-refractivity contribution in [3.63, 3.8) is 0 Å². The lowest BCUT2D eigenvalue weighted by Gasteiger charge is -2.38. The number of piperidine rings is 1. The number of hydrogen-bond acceptors (Lipinski definition) is 9. The molecule has 1 aliphatic rings. The van der Waals surface area contributed by atoms with Crippen LogP contribution in [-0.2, 0) is 25.2 Å². The second-order valence-corrected chi connectivity index (χ2v) is 10.3. The summed E-state index contributed by atoms with van der Waals surface area (Å²) in [5, 5.41) is 21.7. The predicted octanol–water partition coefficient (Wildman–Crippen LogP) is 4.33. The minimum absolute atomic E-state index is 0.113. The molecule has 0 unspecified atom stereocenters. The van der Waals surface area contributed by atoms with Crippen molar-refractivity contribution in [2.75, 3.05) is 25.5 Å². The Labute approximate surface area is 219 Å². The first-order valence-corrected chi connectivity index (χ1v) is 12.2. The van der Waals surface area contributed by atoms with Crippen LogP contribution in [0.2, 0.25) is 0 Å². The molecule has 12 heteroatoms. The molecule has 0 bridgehead atoms. The molecule has 0 saturated carbocycles. The van der Waals surface area contributed by atoms with E-state index in [4.69, 9.17) is 9.47 Å². The summed E-state index contributed by atoms with van der Waals surface area (Å²) in [5.74, 6) is -0.838. The number of phenolic OH excluding ortho intramolecular Hbond substituents is 1. The van der Waals surface area contributed by atoms with E-state index in [-0.39, 0.29) is 35.7 Å². The van der Waals surface area contributed by atoms with Crippen LogP contribution in [0.3, 0.4) is 0 Å². The number of aromatic nitrogens is 2. The highest BCUT2D eigenvalue weighted by Crippen LogP contribution is 2.37. The number of methoxy groups -OCH3 is 1. The maximum absolute atomic E-state index is 12.9. The van der Waals surface area contributed by atoms with E-state index in [0.29, 0.717) is 43.4 Å². The predicted molar refractivity (Wildman–Crippen MR) is 133 cm³/mol. The number of nitrogens with zero attached hydrogens (tertiary/aromatic N) is 3. The van der Waals surface area contributed by atoms with Gasteiger partial charge in [0.25, 0.3) is 0 Å². The Morgan fingerprint density at radius 1 is 1.16 bits per heavy atom. The molecule has 3 rings (SSSR count). The molecular formula is C26H33F3N4O5. The summed E-state index contributed by atoms with van der Waals surface area (Å²) in [6.07, 6.45) is -3.33. The molecule has 38 heavy (non-hydrogen) atoms. The number of hydrogen-bond donors (Lipinski definition) is 2. The maximum Gasteiger partial charge on any atom is 0.416 e. The van der Waals surface area contributed by atoms with E-state index in [1.54, 1.807) is 33.8 Å². The zero-order valence-corrected chi connectivity index (χ0v) is 22.1. The minimum atomic E-state index is -4.57. The second kappa shape index (κ2) is 11.5. The zero-order valence-electron chi connectivity index (χ0n) is 22.1. The van der Waals surface area contributed by atoms with Crippen molar-refractivity contribution in [1.29, 1.82) is 0 Å². The summed E-state index contributed by atoms with van der Waals surface area (Å²) in [4.78, 5) is 26.4. The van der Waals surface area contributed by atoms with Crippen LogP contribution in [0, 0.1) is 6.92 Å². The fourth-order valence-electron chi connectivity index (χ4n) is 4.38. The second-order valence-electron chi connectivity index (χ2n) is 10.3. The van der Waals surface area contributed by atoms with Gasteiger partial charge < -0.3 is 19.9 Å². The Kier molecular flexibility index (Phi) is 8.86. The number of phenols is 1. The molecule has 1 fully saturated rings. The first-order chi connectivity index (χ1) is 17.7. The molecule has 1 saturated heterocycles. The standard InChI is InChI=1S/C26H33F3N4O5/c1-15-12-21(31-32-23(15)18-8-6-16(13-20(18)34)26(27,28)29)30-17-7-9-19(24(36)37-5)33(14-17)11-10-22(35)38-25(2,3)4/h6,8,12-13,17,19,34H,7,9-11,14H2,1-5H3,(H,30,31)/t17-,19-/m1/s1. The number of esters is 2. The summed E-state index contributed by atoms with van der Waals surface area (Å²) in [5.41, 5.74) is -0.564. The number of carbonyl (C=O) groups excluding carboxylic acids is 2. The number of aryl methyl sites for hydroxylation is 1. The smallest absolute Gasteiger partial charge is 0.416 e. The number of aromatic hydroxyl groups is 1. The van der Waals surface area contributed by atoms with Gasteiger partial charge in [0.05, 0.1) is 24.8 Å². The van der Waals surface area contributed by atoms with Gasteiger partial charge in [0.2, 0.25) is 0 Å². The van der Waals surface area contributed by atoms with E-state index in [9.17, 15) is 27.9 Å².